The molecule has 0 saturated carbocycles. The Hall–Kier alpha value is -3.27. The number of carbonyl (C=O) groups is 1. The van der Waals surface area contributed by atoms with Gasteiger partial charge in [-0.25, -0.2) is 4.79 Å². The Morgan fingerprint density at radius 2 is 1.56 bits per heavy atom. The van der Waals surface area contributed by atoms with Gasteiger partial charge in [0.15, 0.2) is 0 Å². The van der Waals surface area contributed by atoms with Crippen LogP contribution in [0.25, 0.3) is 11.1 Å². The SMILES string of the molecule is O=C(Nc1cccc(O)c1)OCC1c2ccccc2-c2ccccc21. The van der Waals surface area contributed by atoms with E-state index in [9.17, 15) is 9.90 Å². The van der Waals surface area contributed by atoms with Crippen LogP contribution in [0.5, 0.6) is 5.75 Å². The zero-order valence-corrected chi connectivity index (χ0v) is 13.5. The van der Waals surface area contributed by atoms with E-state index in [0.29, 0.717) is 5.69 Å². The fraction of sp³-hybridized carbons (Fsp3) is 0.0952. The molecule has 4 rings (SSSR count). The monoisotopic (exact) mass is 331 g/mol. The first-order chi connectivity index (χ1) is 12.2. The van der Waals surface area contributed by atoms with Crippen LogP contribution in [0.3, 0.4) is 0 Å². The average Bonchev–Trinajstić information content (AvgIpc) is 2.94. The fourth-order valence-electron chi connectivity index (χ4n) is 3.34. The highest BCUT2D eigenvalue weighted by atomic mass is 16.5. The number of carbonyl (C=O) groups excluding carboxylic acids is 1. The second kappa shape index (κ2) is 6.32. The Bertz CT molecular complexity index is 890. The van der Waals surface area contributed by atoms with Gasteiger partial charge < -0.3 is 9.84 Å². The molecule has 0 heterocycles. The minimum atomic E-state index is -0.535. The summed E-state index contributed by atoms with van der Waals surface area (Å²) in [6.45, 7) is 0.263. The fourth-order valence-corrected chi connectivity index (χ4v) is 3.34. The zero-order valence-electron chi connectivity index (χ0n) is 13.5. The summed E-state index contributed by atoms with van der Waals surface area (Å²) in [6.07, 6.45) is -0.535. The Balaban J connectivity index is 1.50. The minimum Gasteiger partial charge on any atom is -0.508 e. The average molecular weight is 331 g/mol. The van der Waals surface area contributed by atoms with Crippen molar-refractivity contribution in [3.05, 3.63) is 83.9 Å². The summed E-state index contributed by atoms with van der Waals surface area (Å²) >= 11 is 0. The standard InChI is InChI=1S/C21H17NO3/c23-15-7-5-6-14(12-15)22-21(24)25-13-20-18-10-3-1-8-16(18)17-9-2-4-11-19(17)20/h1-12,20,23H,13H2,(H,22,24). The van der Waals surface area contributed by atoms with Gasteiger partial charge in [0.25, 0.3) is 0 Å². The van der Waals surface area contributed by atoms with Crippen molar-refractivity contribution in [2.45, 2.75) is 5.92 Å². The second-order valence-electron chi connectivity index (χ2n) is 6.00. The molecular formula is C21H17NO3. The molecule has 0 saturated heterocycles. The Kier molecular flexibility index (Phi) is 3.86. The number of ether oxygens (including phenoxy) is 1. The van der Waals surface area contributed by atoms with E-state index in [4.69, 9.17) is 4.74 Å². The van der Waals surface area contributed by atoms with Crippen LogP contribution < -0.4 is 5.32 Å². The van der Waals surface area contributed by atoms with E-state index in [-0.39, 0.29) is 18.3 Å². The number of phenolic OH excluding ortho intramolecular Hbond substituents is 1. The molecule has 0 fully saturated rings. The van der Waals surface area contributed by atoms with E-state index in [1.54, 1.807) is 18.2 Å². The maximum absolute atomic E-state index is 12.1. The lowest BCUT2D eigenvalue weighted by Gasteiger charge is -2.14. The van der Waals surface area contributed by atoms with Gasteiger partial charge in [-0.1, -0.05) is 54.6 Å². The molecule has 1 aliphatic carbocycles. The molecule has 1 amide bonds. The molecule has 2 N–H and O–H groups in total. The number of fused-ring (bicyclic) bond motifs is 3. The number of phenols is 1. The van der Waals surface area contributed by atoms with Crippen LogP contribution in [0.15, 0.2) is 72.8 Å². The number of aromatic hydroxyl groups is 1. The number of amides is 1. The molecule has 124 valence electrons. The predicted octanol–water partition coefficient (Wildman–Crippen LogP) is 4.75. The van der Waals surface area contributed by atoms with Crippen molar-refractivity contribution < 1.29 is 14.6 Å². The minimum absolute atomic E-state index is 0.0299. The first kappa shape index (κ1) is 15.3. The van der Waals surface area contributed by atoms with Crippen molar-refractivity contribution >= 4 is 11.8 Å². The van der Waals surface area contributed by atoms with Gasteiger partial charge in [-0.2, -0.15) is 0 Å². The number of rotatable bonds is 3. The molecule has 1 aliphatic rings. The molecule has 4 nitrogen and oxygen atoms in total. The summed E-state index contributed by atoms with van der Waals surface area (Å²) in [6, 6.07) is 22.8. The molecule has 0 spiro atoms. The summed E-state index contributed by atoms with van der Waals surface area (Å²) in [5, 5.41) is 12.1. The third-order valence-electron chi connectivity index (χ3n) is 4.44. The largest absolute Gasteiger partial charge is 0.508 e. The Morgan fingerprint density at radius 1 is 0.920 bits per heavy atom. The number of hydrogen-bond acceptors (Lipinski definition) is 3. The van der Waals surface area contributed by atoms with Crippen LogP contribution >= 0.6 is 0 Å². The molecule has 0 bridgehead atoms. The number of hydrogen-bond donors (Lipinski definition) is 2. The van der Waals surface area contributed by atoms with Crippen LogP contribution in [-0.4, -0.2) is 17.8 Å². The predicted molar refractivity (Wildman–Crippen MR) is 96.8 cm³/mol. The van der Waals surface area contributed by atoms with Crippen LogP contribution in [-0.2, 0) is 4.74 Å². The normalized spacial score (nSPS) is 12.3. The summed E-state index contributed by atoms with van der Waals surface area (Å²) in [7, 11) is 0. The third kappa shape index (κ3) is 2.94. The molecule has 25 heavy (non-hydrogen) atoms. The van der Waals surface area contributed by atoms with E-state index >= 15 is 0 Å². The highest BCUT2D eigenvalue weighted by Crippen LogP contribution is 2.44. The van der Waals surface area contributed by atoms with Crippen molar-refractivity contribution in [1.82, 2.24) is 0 Å². The molecule has 0 unspecified atom stereocenters. The quantitative estimate of drug-likeness (QED) is 0.728. The smallest absolute Gasteiger partial charge is 0.411 e. The van der Waals surface area contributed by atoms with Gasteiger partial charge in [-0.3, -0.25) is 5.32 Å². The summed E-state index contributed by atoms with van der Waals surface area (Å²) in [5.74, 6) is 0.124. The Labute approximate surface area is 145 Å². The van der Waals surface area contributed by atoms with Gasteiger partial charge in [0.1, 0.15) is 12.4 Å². The number of anilines is 1. The highest BCUT2D eigenvalue weighted by molar-refractivity contribution is 5.85. The van der Waals surface area contributed by atoms with Crippen molar-refractivity contribution in [2.75, 3.05) is 11.9 Å². The lowest BCUT2D eigenvalue weighted by molar-refractivity contribution is 0.158. The van der Waals surface area contributed by atoms with Gasteiger partial charge in [-0.15, -0.1) is 0 Å². The molecule has 0 atom stereocenters. The highest BCUT2D eigenvalue weighted by Gasteiger charge is 2.28. The maximum atomic E-state index is 12.1. The topological polar surface area (TPSA) is 58.6 Å². The van der Waals surface area contributed by atoms with E-state index in [1.807, 2.05) is 24.3 Å². The van der Waals surface area contributed by atoms with Crippen molar-refractivity contribution in [1.29, 1.82) is 0 Å². The first-order valence-electron chi connectivity index (χ1n) is 8.13. The van der Waals surface area contributed by atoms with Crippen LogP contribution in [0.1, 0.15) is 17.0 Å². The van der Waals surface area contributed by atoms with E-state index in [0.717, 1.165) is 0 Å². The molecule has 3 aromatic carbocycles. The summed E-state index contributed by atoms with van der Waals surface area (Å²) in [5.41, 5.74) is 5.24. The second-order valence-corrected chi connectivity index (χ2v) is 6.00. The molecular weight excluding hydrogens is 314 g/mol. The van der Waals surface area contributed by atoms with Gasteiger partial charge in [0.05, 0.1) is 0 Å². The zero-order chi connectivity index (χ0) is 17.2. The number of nitrogens with one attached hydrogen (secondary N) is 1. The van der Waals surface area contributed by atoms with Crippen molar-refractivity contribution in [3.8, 4) is 16.9 Å². The van der Waals surface area contributed by atoms with Gasteiger partial charge >= 0.3 is 6.09 Å². The van der Waals surface area contributed by atoms with Crippen LogP contribution in [0.4, 0.5) is 10.5 Å². The lowest BCUT2D eigenvalue weighted by Crippen LogP contribution is -2.17. The van der Waals surface area contributed by atoms with Gasteiger partial charge in [-0.05, 0) is 34.4 Å². The third-order valence-corrected chi connectivity index (χ3v) is 4.44. The van der Waals surface area contributed by atoms with Crippen molar-refractivity contribution in [3.63, 3.8) is 0 Å². The van der Waals surface area contributed by atoms with Crippen LogP contribution in [0.2, 0.25) is 0 Å². The Morgan fingerprint density at radius 3 is 2.20 bits per heavy atom. The summed E-state index contributed by atoms with van der Waals surface area (Å²) in [4.78, 5) is 12.1. The molecule has 4 heteroatoms. The van der Waals surface area contributed by atoms with Crippen LogP contribution in [0, 0.1) is 0 Å². The first-order valence-corrected chi connectivity index (χ1v) is 8.13. The van der Waals surface area contributed by atoms with E-state index in [1.165, 1.54) is 28.3 Å². The van der Waals surface area contributed by atoms with E-state index < -0.39 is 6.09 Å². The maximum Gasteiger partial charge on any atom is 0.411 e. The summed E-state index contributed by atoms with van der Waals surface area (Å²) < 4.78 is 5.45. The van der Waals surface area contributed by atoms with E-state index in [2.05, 4.69) is 29.6 Å². The van der Waals surface area contributed by atoms with Gasteiger partial charge in [0.2, 0.25) is 0 Å². The lowest BCUT2D eigenvalue weighted by atomic mass is 9.98. The van der Waals surface area contributed by atoms with Crippen molar-refractivity contribution in [2.24, 2.45) is 0 Å². The molecule has 3 aromatic rings. The molecule has 0 aliphatic heterocycles. The number of benzene rings is 3. The molecule has 0 aromatic heterocycles. The van der Waals surface area contributed by atoms with Gasteiger partial charge in [0, 0.05) is 17.7 Å². The molecule has 0 radical (unpaired) electrons.